The second-order valence-electron chi connectivity index (χ2n) is 7.22. The van der Waals surface area contributed by atoms with Gasteiger partial charge in [-0.15, -0.1) is 0 Å². The number of amidine groups is 1. The third-order valence-corrected chi connectivity index (χ3v) is 6.26. The van der Waals surface area contributed by atoms with Crippen molar-refractivity contribution in [3.05, 3.63) is 70.1 Å². The number of piperazine rings is 1. The van der Waals surface area contributed by atoms with Crippen LogP contribution in [-0.4, -0.2) is 42.2 Å². The van der Waals surface area contributed by atoms with Gasteiger partial charge in [-0.1, -0.05) is 43.3 Å². The minimum absolute atomic E-state index is 0.124. The second kappa shape index (κ2) is 8.23. The summed E-state index contributed by atoms with van der Waals surface area (Å²) in [4.78, 5) is 22.0. The van der Waals surface area contributed by atoms with Crippen LogP contribution in [0.5, 0.6) is 0 Å². The van der Waals surface area contributed by atoms with E-state index in [1.54, 1.807) is 0 Å². The minimum Gasteiger partial charge on any atom is -0.368 e. The van der Waals surface area contributed by atoms with Gasteiger partial charge in [-0.3, -0.25) is 4.79 Å². The molecule has 2 aromatic carbocycles. The smallest absolute Gasteiger partial charge is 0.286 e. The van der Waals surface area contributed by atoms with E-state index in [1.807, 2.05) is 6.08 Å². The summed E-state index contributed by atoms with van der Waals surface area (Å²) in [6.07, 6.45) is 2.97. The van der Waals surface area contributed by atoms with Gasteiger partial charge in [0.15, 0.2) is 5.17 Å². The van der Waals surface area contributed by atoms with E-state index in [-0.39, 0.29) is 5.91 Å². The Morgan fingerprint density at radius 2 is 1.75 bits per heavy atom. The molecule has 2 aliphatic rings. The Hall–Kier alpha value is -2.53. The molecule has 0 unspecified atom stereocenters. The largest absolute Gasteiger partial charge is 0.368 e. The molecule has 2 aliphatic heterocycles. The number of hydrogen-bond acceptors (Lipinski definition) is 4. The number of benzene rings is 2. The van der Waals surface area contributed by atoms with Crippen LogP contribution in [0.3, 0.4) is 0 Å². The molecule has 2 aromatic rings. The second-order valence-corrected chi connectivity index (χ2v) is 8.23. The van der Waals surface area contributed by atoms with Crippen LogP contribution in [0.2, 0.25) is 0 Å². The van der Waals surface area contributed by atoms with Gasteiger partial charge in [-0.25, -0.2) is 0 Å². The van der Waals surface area contributed by atoms with E-state index in [1.165, 1.54) is 28.6 Å². The zero-order valence-electron chi connectivity index (χ0n) is 16.4. The third-order valence-electron chi connectivity index (χ3n) is 5.21. The van der Waals surface area contributed by atoms with Crippen molar-refractivity contribution in [1.82, 2.24) is 4.90 Å². The molecule has 1 fully saturated rings. The first kappa shape index (κ1) is 18.8. The van der Waals surface area contributed by atoms with E-state index < -0.39 is 0 Å². The van der Waals surface area contributed by atoms with Gasteiger partial charge in [0.2, 0.25) is 0 Å². The molecule has 0 N–H and O–H groups in total. The van der Waals surface area contributed by atoms with Crippen molar-refractivity contribution in [1.29, 1.82) is 0 Å². The fourth-order valence-corrected chi connectivity index (χ4v) is 4.48. The van der Waals surface area contributed by atoms with Crippen molar-refractivity contribution in [2.75, 3.05) is 31.1 Å². The summed E-state index contributed by atoms with van der Waals surface area (Å²) >= 11 is 1.50. The number of carbonyl (C=O) groups is 1. The molecule has 144 valence electrons. The molecule has 0 spiro atoms. The zero-order valence-corrected chi connectivity index (χ0v) is 17.2. The Kier molecular flexibility index (Phi) is 5.53. The van der Waals surface area contributed by atoms with Crippen molar-refractivity contribution in [3.63, 3.8) is 0 Å². The predicted octanol–water partition coefficient (Wildman–Crippen LogP) is 4.35. The lowest BCUT2D eigenvalue weighted by Crippen LogP contribution is -2.47. The van der Waals surface area contributed by atoms with E-state index in [9.17, 15) is 4.79 Å². The van der Waals surface area contributed by atoms with Gasteiger partial charge in [0.25, 0.3) is 5.91 Å². The van der Waals surface area contributed by atoms with Gasteiger partial charge in [0.05, 0.1) is 4.91 Å². The van der Waals surface area contributed by atoms with Crippen molar-refractivity contribution in [2.24, 2.45) is 4.99 Å². The van der Waals surface area contributed by atoms with Crippen molar-refractivity contribution in [2.45, 2.75) is 20.3 Å². The van der Waals surface area contributed by atoms with Crippen LogP contribution in [0, 0.1) is 6.92 Å². The Balaban J connectivity index is 1.39. The number of rotatable bonds is 3. The molecule has 2 heterocycles. The minimum atomic E-state index is -0.124. The lowest BCUT2D eigenvalue weighted by Gasteiger charge is -2.36. The standard InChI is InChI=1S/C23H25N3OS/c1-3-18-7-9-19(10-8-18)16-21-22(27)24-23(28-21)26-13-11-25(12-14-26)20-6-4-5-17(2)15-20/h4-10,15-16H,3,11-14H2,1-2H3. The summed E-state index contributed by atoms with van der Waals surface area (Å²) in [6, 6.07) is 17.0. The third kappa shape index (κ3) is 4.14. The van der Waals surface area contributed by atoms with E-state index in [0.717, 1.165) is 43.3 Å². The normalized spacial score (nSPS) is 18.7. The topological polar surface area (TPSA) is 35.9 Å². The SMILES string of the molecule is CCc1ccc(C=C2SC(N3CCN(c4cccc(C)c4)CC3)=NC2=O)cc1. The number of amides is 1. The predicted molar refractivity (Wildman–Crippen MR) is 119 cm³/mol. The summed E-state index contributed by atoms with van der Waals surface area (Å²) < 4.78 is 0. The molecule has 1 saturated heterocycles. The first-order chi connectivity index (χ1) is 13.6. The number of hydrogen-bond donors (Lipinski definition) is 0. The van der Waals surface area contributed by atoms with E-state index in [0.29, 0.717) is 4.91 Å². The molecular formula is C23H25N3OS. The van der Waals surface area contributed by atoms with E-state index in [2.05, 4.69) is 77.2 Å². The van der Waals surface area contributed by atoms with Crippen LogP contribution < -0.4 is 4.90 Å². The highest BCUT2D eigenvalue weighted by Gasteiger charge is 2.28. The molecule has 1 amide bonds. The highest BCUT2D eigenvalue weighted by Crippen LogP contribution is 2.31. The van der Waals surface area contributed by atoms with Gasteiger partial charge >= 0.3 is 0 Å². The average molecular weight is 392 g/mol. The average Bonchev–Trinajstić information content (AvgIpc) is 3.09. The summed E-state index contributed by atoms with van der Waals surface area (Å²) in [5.41, 5.74) is 4.90. The van der Waals surface area contributed by atoms with E-state index >= 15 is 0 Å². The van der Waals surface area contributed by atoms with Gasteiger partial charge in [0.1, 0.15) is 0 Å². The van der Waals surface area contributed by atoms with Crippen molar-refractivity contribution >= 4 is 34.6 Å². The molecule has 0 atom stereocenters. The molecular weight excluding hydrogens is 366 g/mol. The summed E-state index contributed by atoms with van der Waals surface area (Å²) in [5.74, 6) is -0.124. The summed E-state index contributed by atoms with van der Waals surface area (Å²) in [7, 11) is 0. The van der Waals surface area contributed by atoms with Gasteiger partial charge in [-0.05, 0) is 60.0 Å². The van der Waals surface area contributed by atoms with Crippen LogP contribution in [-0.2, 0) is 11.2 Å². The number of anilines is 1. The Morgan fingerprint density at radius 1 is 1.04 bits per heavy atom. The molecule has 0 aliphatic carbocycles. The van der Waals surface area contributed by atoms with Crippen LogP contribution in [0.4, 0.5) is 5.69 Å². The monoisotopic (exact) mass is 391 g/mol. The fraction of sp³-hybridized carbons (Fsp3) is 0.304. The lowest BCUT2D eigenvalue weighted by molar-refractivity contribution is -0.113. The number of aryl methyl sites for hydroxylation is 2. The van der Waals surface area contributed by atoms with Gasteiger partial charge in [-0.2, -0.15) is 4.99 Å². The summed E-state index contributed by atoms with van der Waals surface area (Å²) in [6.45, 7) is 7.90. The molecule has 4 nitrogen and oxygen atoms in total. The maximum Gasteiger partial charge on any atom is 0.286 e. The molecule has 0 saturated carbocycles. The molecule has 0 radical (unpaired) electrons. The summed E-state index contributed by atoms with van der Waals surface area (Å²) in [5, 5.41) is 0.838. The van der Waals surface area contributed by atoms with Crippen molar-refractivity contribution < 1.29 is 4.79 Å². The molecule has 0 aromatic heterocycles. The maximum atomic E-state index is 12.4. The number of thioether (sulfide) groups is 1. The maximum absolute atomic E-state index is 12.4. The Bertz CT molecular complexity index is 925. The highest BCUT2D eigenvalue weighted by atomic mass is 32.2. The van der Waals surface area contributed by atoms with Crippen LogP contribution in [0.25, 0.3) is 6.08 Å². The van der Waals surface area contributed by atoms with Crippen LogP contribution >= 0.6 is 11.8 Å². The van der Waals surface area contributed by atoms with E-state index in [4.69, 9.17) is 0 Å². The molecule has 5 heteroatoms. The quantitative estimate of drug-likeness (QED) is 0.729. The molecule has 0 bridgehead atoms. The van der Waals surface area contributed by atoms with Crippen LogP contribution in [0.15, 0.2) is 58.4 Å². The Morgan fingerprint density at radius 3 is 2.43 bits per heavy atom. The lowest BCUT2D eigenvalue weighted by atomic mass is 10.1. The first-order valence-electron chi connectivity index (χ1n) is 9.80. The number of nitrogens with zero attached hydrogens (tertiary/aromatic N) is 3. The number of carbonyl (C=O) groups excluding carboxylic acids is 1. The molecule has 28 heavy (non-hydrogen) atoms. The van der Waals surface area contributed by atoms with Crippen molar-refractivity contribution in [3.8, 4) is 0 Å². The van der Waals surface area contributed by atoms with Crippen LogP contribution in [0.1, 0.15) is 23.6 Å². The zero-order chi connectivity index (χ0) is 19.5. The molecule has 4 rings (SSSR count). The number of aliphatic imine (C=N–C) groups is 1. The highest BCUT2D eigenvalue weighted by molar-refractivity contribution is 8.18. The first-order valence-corrected chi connectivity index (χ1v) is 10.6. The van der Waals surface area contributed by atoms with Gasteiger partial charge < -0.3 is 9.80 Å². The fourth-order valence-electron chi connectivity index (χ4n) is 3.51. The Labute approximate surface area is 171 Å². The van der Waals surface area contributed by atoms with Gasteiger partial charge in [0, 0.05) is 31.9 Å².